The summed E-state index contributed by atoms with van der Waals surface area (Å²) in [6.45, 7) is 3.81. The molecule has 2 heteroatoms. The maximum Gasteiger partial charge on any atom is 0.137 e. The highest BCUT2D eigenvalue weighted by atomic mass is 19.1. The van der Waals surface area contributed by atoms with E-state index in [2.05, 4.69) is 6.92 Å². The van der Waals surface area contributed by atoms with Crippen LogP contribution in [0.5, 0.6) is 0 Å². The molecule has 2 rings (SSSR count). The fourth-order valence-corrected chi connectivity index (χ4v) is 1.96. The van der Waals surface area contributed by atoms with Crippen LogP contribution in [0.25, 0.3) is 11.0 Å². The Kier molecular flexibility index (Phi) is 3.60. The molecule has 0 amide bonds. The molecule has 0 aliphatic heterocycles. The molecule has 0 atom stereocenters. The second-order valence-electron chi connectivity index (χ2n) is 4.04. The van der Waals surface area contributed by atoms with Crippen molar-refractivity contribution in [1.82, 2.24) is 0 Å². The van der Waals surface area contributed by atoms with E-state index in [9.17, 15) is 4.39 Å². The van der Waals surface area contributed by atoms with E-state index in [1.807, 2.05) is 0 Å². The third-order valence-corrected chi connectivity index (χ3v) is 2.82. The van der Waals surface area contributed by atoms with Crippen molar-refractivity contribution >= 4 is 11.0 Å². The molecule has 1 heterocycles. The third-order valence-electron chi connectivity index (χ3n) is 2.82. The van der Waals surface area contributed by atoms with Crippen LogP contribution in [0.3, 0.4) is 0 Å². The molecule has 0 aliphatic rings. The normalized spacial score (nSPS) is 11.1. The van der Waals surface area contributed by atoms with Crippen molar-refractivity contribution in [1.29, 1.82) is 0 Å². The van der Waals surface area contributed by atoms with Gasteiger partial charge in [-0.2, -0.15) is 0 Å². The van der Waals surface area contributed by atoms with E-state index in [1.54, 1.807) is 18.4 Å². The van der Waals surface area contributed by atoms with Gasteiger partial charge in [-0.1, -0.05) is 32.3 Å². The summed E-state index contributed by atoms with van der Waals surface area (Å²) in [7, 11) is 0. The second kappa shape index (κ2) is 5.15. The van der Waals surface area contributed by atoms with Crippen LogP contribution < -0.4 is 0 Å². The van der Waals surface area contributed by atoms with Gasteiger partial charge in [0, 0.05) is 5.56 Å². The molecule has 1 aromatic heterocycles. The number of fused-ring (bicyclic) bond motifs is 1. The van der Waals surface area contributed by atoms with Gasteiger partial charge >= 0.3 is 0 Å². The molecule has 0 fully saturated rings. The zero-order valence-corrected chi connectivity index (χ0v) is 9.34. The molecular weight excluding hydrogens is 203 g/mol. The van der Waals surface area contributed by atoms with Gasteiger partial charge in [0.2, 0.25) is 0 Å². The van der Waals surface area contributed by atoms with Crippen LogP contribution in [0, 0.1) is 12.7 Å². The average Bonchev–Trinajstić information content (AvgIpc) is 2.69. The van der Waals surface area contributed by atoms with Crippen molar-refractivity contribution in [3.63, 3.8) is 0 Å². The SMILES string of the molecule is [CH2]CCCCCc1coc2cccc(F)c12. The highest BCUT2D eigenvalue weighted by molar-refractivity contribution is 5.81. The predicted octanol–water partition coefficient (Wildman–Crippen LogP) is 4.51. The zero-order chi connectivity index (χ0) is 11.4. The smallest absolute Gasteiger partial charge is 0.137 e. The number of halogens is 1. The van der Waals surface area contributed by atoms with Gasteiger partial charge in [-0.3, -0.25) is 0 Å². The molecular formula is C14H16FO. The number of furan rings is 1. The number of hydrogen-bond donors (Lipinski definition) is 0. The molecule has 1 nitrogen and oxygen atoms in total. The van der Waals surface area contributed by atoms with E-state index in [0.29, 0.717) is 11.0 Å². The van der Waals surface area contributed by atoms with Crippen molar-refractivity contribution in [2.24, 2.45) is 0 Å². The Bertz CT molecular complexity index is 459. The predicted molar refractivity (Wildman–Crippen MR) is 63.7 cm³/mol. The van der Waals surface area contributed by atoms with Crippen molar-refractivity contribution in [2.75, 3.05) is 0 Å². The van der Waals surface area contributed by atoms with Crippen LogP contribution in [-0.2, 0) is 6.42 Å². The number of aryl methyl sites for hydroxylation is 1. The van der Waals surface area contributed by atoms with Crippen LogP contribution >= 0.6 is 0 Å². The number of unbranched alkanes of at least 4 members (excludes halogenated alkanes) is 3. The fourth-order valence-electron chi connectivity index (χ4n) is 1.96. The van der Waals surface area contributed by atoms with E-state index in [0.717, 1.165) is 37.7 Å². The van der Waals surface area contributed by atoms with Gasteiger partial charge in [-0.25, -0.2) is 4.39 Å². The Balaban J connectivity index is 2.12. The molecule has 1 radical (unpaired) electrons. The van der Waals surface area contributed by atoms with Crippen LogP contribution in [0.1, 0.15) is 31.2 Å². The van der Waals surface area contributed by atoms with Crippen molar-refractivity contribution < 1.29 is 8.81 Å². The average molecular weight is 219 g/mol. The maximum atomic E-state index is 13.6. The lowest BCUT2D eigenvalue weighted by Gasteiger charge is -1.99. The van der Waals surface area contributed by atoms with Crippen molar-refractivity contribution in [3.8, 4) is 0 Å². The highest BCUT2D eigenvalue weighted by Gasteiger charge is 2.09. The van der Waals surface area contributed by atoms with Crippen LogP contribution in [0.4, 0.5) is 4.39 Å². The Morgan fingerprint density at radius 2 is 2.06 bits per heavy atom. The lowest BCUT2D eigenvalue weighted by Crippen LogP contribution is -1.86. The number of benzene rings is 1. The van der Waals surface area contributed by atoms with Crippen LogP contribution in [0.15, 0.2) is 28.9 Å². The van der Waals surface area contributed by atoms with E-state index >= 15 is 0 Å². The molecule has 0 unspecified atom stereocenters. The second-order valence-corrected chi connectivity index (χ2v) is 4.04. The molecule has 85 valence electrons. The summed E-state index contributed by atoms with van der Waals surface area (Å²) in [6, 6.07) is 4.96. The minimum Gasteiger partial charge on any atom is -0.464 e. The third kappa shape index (κ3) is 2.26. The summed E-state index contributed by atoms with van der Waals surface area (Å²) in [5.74, 6) is -0.182. The first-order valence-corrected chi connectivity index (χ1v) is 5.77. The van der Waals surface area contributed by atoms with Crippen molar-refractivity contribution in [3.05, 3.63) is 42.8 Å². The molecule has 2 aromatic rings. The summed E-state index contributed by atoms with van der Waals surface area (Å²) in [6.07, 6.45) is 6.88. The minimum atomic E-state index is -0.182. The highest BCUT2D eigenvalue weighted by Crippen LogP contribution is 2.25. The first kappa shape index (κ1) is 11.2. The first-order chi connectivity index (χ1) is 7.83. The van der Waals surface area contributed by atoms with Gasteiger partial charge in [0.05, 0.1) is 11.6 Å². The summed E-state index contributed by atoms with van der Waals surface area (Å²) in [5.41, 5.74) is 1.63. The van der Waals surface area contributed by atoms with Crippen LogP contribution in [0.2, 0.25) is 0 Å². The molecule has 0 aliphatic carbocycles. The summed E-state index contributed by atoms with van der Waals surface area (Å²) >= 11 is 0. The summed E-state index contributed by atoms with van der Waals surface area (Å²) < 4.78 is 18.9. The van der Waals surface area contributed by atoms with E-state index in [-0.39, 0.29) is 5.82 Å². The summed E-state index contributed by atoms with van der Waals surface area (Å²) in [5, 5.41) is 0.650. The van der Waals surface area contributed by atoms with Gasteiger partial charge in [-0.05, 0) is 25.0 Å². The summed E-state index contributed by atoms with van der Waals surface area (Å²) in [4.78, 5) is 0. The molecule has 0 saturated carbocycles. The molecule has 1 aromatic carbocycles. The van der Waals surface area contributed by atoms with E-state index in [1.165, 1.54) is 6.07 Å². The fraction of sp³-hybridized carbons (Fsp3) is 0.357. The lowest BCUT2D eigenvalue weighted by molar-refractivity contribution is 0.603. The molecule has 0 N–H and O–H groups in total. The first-order valence-electron chi connectivity index (χ1n) is 5.77. The molecule has 0 bridgehead atoms. The van der Waals surface area contributed by atoms with E-state index in [4.69, 9.17) is 4.42 Å². The Morgan fingerprint density at radius 1 is 1.19 bits per heavy atom. The largest absolute Gasteiger partial charge is 0.464 e. The van der Waals surface area contributed by atoms with Gasteiger partial charge < -0.3 is 4.42 Å². The standard InChI is InChI=1S/C14H16FO/c1-2-3-4-5-7-11-10-16-13-9-6-8-12(15)14(11)13/h6,8-10H,1-5,7H2. The molecule has 0 saturated heterocycles. The topological polar surface area (TPSA) is 13.1 Å². The Morgan fingerprint density at radius 3 is 2.88 bits per heavy atom. The quantitative estimate of drug-likeness (QED) is 0.674. The maximum absolute atomic E-state index is 13.6. The monoisotopic (exact) mass is 219 g/mol. The number of rotatable bonds is 5. The van der Waals surface area contributed by atoms with E-state index < -0.39 is 0 Å². The zero-order valence-electron chi connectivity index (χ0n) is 9.34. The Hall–Kier alpha value is -1.31. The molecule has 0 spiro atoms. The van der Waals surface area contributed by atoms with Gasteiger partial charge in [-0.15, -0.1) is 0 Å². The van der Waals surface area contributed by atoms with Gasteiger partial charge in [0.15, 0.2) is 0 Å². The number of hydrogen-bond acceptors (Lipinski definition) is 1. The molecule has 16 heavy (non-hydrogen) atoms. The van der Waals surface area contributed by atoms with Crippen molar-refractivity contribution in [2.45, 2.75) is 32.1 Å². The van der Waals surface area contributed by atoms with Gasteiger partial charge in [0.1, 0.15) is 11.4 Å². The lowest BCUT2D eigenvalue weighted by atomic mass is 10.1. The Labute approximate surface area is 95.3 Å². The minimum absolute atomic E-state index is 0.182. The van der Waals surface area contributed by atoms with Gasteiger partial charge in [0.25, 0.3) is 0 Å². The van der Waals surface area contributed by atoms with Crippen LogP contribution in [-0.4, -0.2) is 0 Å².